The van der Waals surface area contributed by atoms with Crippen LogP contribution in [0, 0.1) is 0 Å². The molecule has 0 aromatic rings. The number of rotatable bonds is 3. The van der Waals surface area contributed by atoms with E-state index in [4.69, 9.17) is 0 Å². The van der Waals surface area contributed by atoms with Gasteiger partial charge < -0.3 is 4.74 Å². The molecule has 0 aromatic heterocycles. The smallest absolute Gasteiger partial charge is 0.465 e. The van der Waals surface area contributed by atoms with Gasteiger partial charge in [0.2, 0.25) is 0 Å². The highest BCUT2D eigenvalue weighted by molar-refractivity contribution is 5.37. The largest absolute Gasteiger partial charge is 0.522 e. The molecule has 1 aliphatic carbocycles. The Morgan fingerprint density at radius 1 is 1.07 bits per heavy atom. The maximum Gasteiger partial charge on any atom is 0.522 e. The van der Waals surface area contributed by atoms with Crippen molar-refractivity contribution in [1.82, 2.24) is 0 Å². The Morgan fingerprint density at radius 3 is 2.00 bits per heavy atom. The molecule has 6 heteroatoms. The molecule has 1 saturated carbocycles. The third kappa shape index (κ3) is 3.95. The van der Waals surface area contributed by atoms with E-state index in [-0.39, 0.29) is 18.9 Å². The van der Waals surface area contributed by atoms with Crippen LogP contribution in [-0.2, 0) is 14.3 Å². The zero-order valence-electron chi connectivity index (χ0n) is 7.42. The van der Waals surface area contributed by atoms with Crippen molar-refractivity contribution in [3.05, 3.63) is 0 Å². The molecule has 1 rings (SSSR count). The summed E-state index contributed by atoms with van der Waals surface area (Å²) in [6.07, 6.45) is -4.19. The molecule has 0 spiro atoms. The van der Waals surface area contributed by atoms with E-state index in [2.05, 4.69) is 9.47 Å². The quantitative estimate of drug-likeness (QED) is 0.671. The van der Waals surface area contributed by atoms with Crippen LogP contribution < -0.4 is 0 Å². The van der Waals surface area contributed by atoms with Gasteiger partial charge in [-0.3, -0.25) is 9.53 Å². The first-order valence-electron chi connectivity index (χ1n) is 4.35. The second-order valence-electron chi connectivity index (χ2n) is 3.19. The highest BCUT2D eigenvalue weighted by Crippen LogP contribution is 2.28. The van der Waals surface area contributed by atoms with Gasteiger partial charge in [0.05, 0.1) is 6.10 Å². The van der Waals surface area contributed by atoms with Crippen molar-refractivity contribution >= 4 is 6.47 Å². The molecule has 0 N–H and O–H groups in total. The molecule has 0 radical (unpaired) electrons. The lowest BCUT2D eigenvalue weighted by molar-refractivity contribution is -0.346. The SMILES string of the molecule is O=COC1CCC(OC(F)(F)F)CC1. The second kappa shape index (κ2) is 4.63. The van der Waals surface area contributed by atoms with Gasteiger partial charge in [0.15, 0.2) is 0 Å². The van der Waals surface area contributed by atoms with E-state index in [0.717, 1.165) is 0 Å². The summed E-state index contributed by atoms with van der Waals surface area (Å²) >= 11 is 0. The summed E-state index contributed by atoms with van der Waals surface area (Å²) in [6.45, 7) is 0.329. The molecule has 0 bridgehead atoms. The van der Waals surface area contributed by atoms with E-state index in [1.807, 2.05) is 0 Å². The summed E-state index contributed by atoms with van der Waals surface area (Å²) in [5.41, 5.74) is 0. The van der Waals surface area contributed by atoms with Crippen LogP contribution in [-0.4, -0.2) is 25.0 Å². The fraction of sp³-hybridized carbons (Fsp3) is 0.875. The molecule has 0 aliphatic heterocycles. The predicted octanol–water partition coefficient (Wildman–Crippen LogP) is 2.01. The molecule has 1 aliphatic rings. The van der Waals surface area contributed by atoms with Gasteiger partial charge in [-0.1, -0.05) is 0 Å². The monoisotopic (exact) mass is 212 g/mol. The molecule has 0 saturated heterocycles. The fourth-order valence-electron chi connectivity index (χ4n) is 1.55. The van der Waals surface area contributed by atoms with Crippen LogP contribution >= 0.6 is 0 Å². The average Bonchev–Trinajstić information content (AvgIpc) is 2.06. The van der Waals surface area contributed by atoms with Crippen molar-refractivity contribution in [3.63, 3.8) is 0 Å². The zero-order chi connectivity index (χ0) is 10.6. The van der Waals surface area contributed by atoms with Crippen molar-refractivity contribution in [3.8, 4) is 0 Å². The van der Waals surface area contributed by atoms with Gasteiger partial charge in [-0.05, 0) is 25.7 Å². The Bertz CT molecular complexity index is 185. The van der Waals surface area contributed by atoms with Gasteiger partial charge in [-0.2, -0.15) is 0 Å². The Hall–Kier alpha value is -0.780. The highest BCUT2D eigenvalue weighted by Gasteiger charge is 2.35. The highest BCUT2D eigenvalue weighted by atomic mass is 19.4. The molecule has 0 aromatic carbocycles. The van der Waals surface area contributed by atoms with Gasteiger partial charge in [0.25, 0.3) is 6.47 Å². The van der Waals surface area contributed by atoms with Gasteiger partial charge in [0.1, 0.15) is 6.10 Å². The maximum atomic E-state index is 11.8. The Balaban J connectivity index is 2.25. The number of hydrogen-bond donors (Lipinski definition) is 0. The number of ether oxygens (including phenoxy) is 2. The Kier molecular flexibility index (Phi) is 3.74. The van der Waals surface area contributed by atoms with Gasteiger partial charge in [0, 0.05) is 0 Å². The van der Waals surface area contributed by atoms with E-state index in [1.54, 1.807) is 0 Å². The molecule has 1 fully saturated rings. The summed E-state index contributed by atoms with van der Waals surface area (Å²) in [6, 6.07) is 0. The van der Waals surface area contributed by atoms with Crippen molar-refractivity contribution in [2.45, 2.75) is 44.3 Å². The van der Waals surface area contributed by atoms with Crippen molar-refractivity contribution in [1.29, 1.82) is 0 Å². The topological polar surface area (TPSA) is 35.5 Å². The summed E-state index contributed by atoms with van der Waals surface area (Å²) < 4.78 is 43.8. The summed E-state index contributed by atoms with van der Waals surface area (Å²) in [5, 5.41) is 0. The van der Waals surface area contributed by atoms with Crippen molar-refractivity contribution in [2.75, 3.05) is 0 Å². The Morgan fingerprint density at radius 2 is 1.57 bits per heavy atom. The van der Waals surface area contributed by atoms with E-state index >= 15 is 0 Å². The van der Waals surface area contributed by atoms with Gasteiger partial charge in [-0.25, -0.2) is 0 Å². The minimum atomic E-state index is -4.57. The van der Waals surface area contributed by atoms with Crippen LogP contribution in [0.1, 0.15) is 25.7 Å². The van der Waals surface area contributed by atoms with Gasteiger partial charge >= 0.3 is 6.36 Å². The molecule has 0 amide bonds. The minimum Gasteiger partial charge on any atom is -0.465 e. The van der Waals surface area contributed by atoms with Crippen LogP contribution in [0.4, 0.5) is 13.2 Å². The van der Waals surface area contributed by atoms with Crippen LogP contribution in [0.25, 0.3) is 0 Å². The van der Waals surface area contributed by atoms with E-state index in [1.165, 1.54) is 0 Å². The van der Waals surface area contributed by atoms with E-state index in [9.17, 15) is 18.0 Å². The first-order chi connectivity index (χ1) is 6.51. The molecule has 14 heavy (non-hydrogen) atoms. The van der Waals surface area contributed by atoms with Crippen molar-refractivity contribution in [2.24, 2.45) is 0 Å². The minimum absolute atomic E-state index is 0.249. The van der Waals surface area contributed by atoms with E-state index in [0.29, 0.717) is 19.3 Å². The fourth-order valence-corrected chi connectivity index (χ4v) is 1.55. The average molecular weight is 212 g/mol. The first kappa shape index (κ1) is 11.3. The standard InChI is InChI=1S/C8H11F3O3/c9-8(10,11)14-7-3-1-6(2-4-7)13-5-12/h5-7H,1-4H2. The molecular weight excluding hydrogens is 201 g/mol. The summed E-state index contributed by atoms with van der Waals surface area (Å²) in [7, 11) is 0. The molecule has 82 valence electrons. The van der Waals surface area contributed by atoms with Crippen LogP contribution in [0.5, 0.6) is 0 Å². The molecule has 0 unspecified atom stereocenters. The lowest BCUT2D eigenvalue weighted by Crippen LogP contribution is -2.30. The van der Waals surface area contributed by atoms with Crippen LogP contribution in [0.3, 0.4) is 0 Å². The zero-order valence-corrected chi connectivity index (χ0v) is 7.42. The van der Waals surface area contributed by atoms with Crippen LogP contribution in [0.2, 0.25) is 0 Å². The third-order valence-electron chi connectivity index (χ3n) is 2.17. The Labute approximate surface area is 79.2 Å². The number of alkyl halides is 3. The van der Waals surface area contributed by atoms with E-state index < -0.39 is 12.5 Å². The lowest BCUT2D eigenvalue weighted by Gasteiger charge is -2.27. The first-order valence-corrected chi connectivity index (χ1v) is 4.35. The van der Waals surface area contributed by atoms with Crippen LogP contribution in [0.15, 0.2) is 0 Å². The normalized spacial score (nSPS) is 28.5. The second-order valence-corrected chi connectivity index (χ2v) is 3.19. The predicted molar refractivity (Wildman–Crippen MR) is 40.3 cm³/mol. The molecular formula is C8H11F3O3. The summed E-state index contributed by atoms with van der Waals surface area (Å²) in [5.74, 6) is 0. The molecule has 0 atom stereocenters. The van der Waals surface area contributed by atoms with Crippen molar-refractivity contribution < 1.29 is 27.4 Å². The number of carbonyl (C=O) groups is 1. The number of carbonyl (C=O) groups excluding carboxylic acids is 1. The van der Waals surface area contributed by atoms with Gasteiger partial charge in [-0.15, -0.1) is 13.2 Å². The number of hydrogen-bond acceptors (Lipinski definition) is 3. The maximum absolute atomic E-state index is 11.8. The molecule has 3 nitrogen and oxygen atoms in total. The third-order valence-corrected chi connectivity index (χ3v) is 2.17. The summed E-state index contributed by atoms with van der Waals surface area (Å²) in [4.78, 5) is 9.95. The molecule has 0 heterocycles. The lowest BCUT2D eigenvalue weighted by atomic mass is 9.95. The number of halogens is 3.